The molecule has 0 N–H and O–H groups in total. The Labute approximate surface area is 130 Å². The van der Waals surface area contributed by atoms with Crippen LogP contribution in [0.25, 0.3) is 16.8 Å². The molecule has 0 aliphatic heterocycles. The van der Waals surface area contributed by atoms with Gasteiger partial charge in [0.2, 0.25) is 0 Å². The Kier molecular flexibility index (Phi) is 3.80. The molecule has 22 heavy (non-hydrogen) atoms. The van der Waals surface area contributed by atoms with Crippen LogP contribution in [0.5, 0.6) is 0 Å². The van der Waals surface area contributed by atoms with E-state index >= 15 is 0 Å². The summed E-state index contributed by atoms with van der Waals surface area (Å²) >= 11 is 0. The van der Waals surface area contributed by atoms with Crippen LogP contribution < -0.4 is 0 Å². The van der Waals surface area contributed by atoms with Gasteiger partial charge in [-0.15, -0.1) is 0 Å². The molecule has 0 atom stereocenters. The fourth-order valence-corrected chi connectivity index (χ4v) is 2.83. The first-order chi connectivity index (χ1) is 10.6. The highest BCUT2D eigenvalue weighted by atomic mass is 19.1. The van der Waals surface area contributed by atoms with E-state index in [-0.39, 0.29) is 5.82 Å². The van der Waals surface area contributed by atoms with E-state index in [1.54, 1.807) is 12.1 Å². The van der Waals surface area contributed by atoms with Crippen LogP contribution in [0, 0.1) is 19.7 Å². The number of hydrogen-bond donors (Lipinski definition) is 0. The molecule has 0 aliphatic carbocycles. The van der Waals surface area contributed by atoms with Gasteiger partial charge in [0.15, 0.2) is 0 Å². The van der Waals surface area contributed by atoms with E-state index in [0.29, 0.717) is 0 Å². The first kappa shape index (κ1) is 14.5. The largest absolute Gasteiger partial charge is 0.237 e. The van der Waals surface area contributed by atoms with Gasteiger partial charge in [0.05, 0.1) is 11.4 Å². The van der Waals surface area contributed by atoms with Gasteiger partial charge in [-0.3, -0.25) is 0 Å². The summed E-state index contributed by atoms with van der Waals surface area (Å²) in [6.45, 7) is 6.12. The Balaban J connectivity index is 2.10. The van der Waals surface area contributed by atoms with E-state index in [1.165, 1.54) is 11.6 Å². The lowest BCUT2D eigenvalue weighted by atomic mass is 10.0. The van der Waals surface area contributed by atoms with Crippen LogP contribution in [-0.4, -0.2) is 9.78 Å². The molecule has 2 nitrogen and oxygen atoms in total. The normalized spacial score (nSPS) is 10.9. The average molecular weight is 294 g/mol. The van der Waals surface area contributed by atoms with Crippen LogP contribution in [0.3, 0.4) is 0 Å². The fourth-order valence-electron chi connectivity index (χ4n) is 2.83. The van der Waals surface area contributed by atoms with E-state index in [2.05, 4.69) is 36.3 Å². The zero-order valence-electron chi connectivity index (χ0n) is 13.1. The van der Waals surface area contributed by atoms with Gasteiger partial charge in [-0.2, -0.15) is 5.10 Å². The number of hydrogen-bond acceptors (Lipinski definition) is 1. The summed E-state index contributed by atoms with van der Waals surface area (Å²) in [4.78, 5) is 0. The molecular formula is C19H19FN2. The van der Waals surface area contributed by atoms with Gasteiger partial charge in [-0.05, 0) is 55.7 Å². The van der Waals surface area contributed by atoms with Gasteiger partial charge < -0.3 is 0 Å². The maximum atomic E-state index is 13.5. The lowest BCUT2D eigenvalue weighted by Gasteiger charge is -2.07. The highest BCUT2D eigenvalue weighted by Gasteiger charge is 2.14. The minimum atomic E-state index is -0.226. The molecular weight excluding hydrogens is 275 g/mol. The topological polar surface area (TPSA) is 17.8 Å². The van der Waals surface area contributed by atoms with Crippen molar-refractivity contribution in [1.82, 2.24) is 9.78 Å². The number of rotatable bonds is 3. The van der Waals surface area contributed by atoms with Crippen molar-refractivity contribution >= 4 is 0 Å². The smallest absolute Gasteiger partial charge is 0.123 e. The van der Waals surface area contributed by atoms with Gasteiger partial charge in [0, 0.05) is 11.3 Å². The third-order valence-electron chi connectivity index (χ3n) is 3.99. The number of aromatic nitrogens is 2. The summed E-state index contributed by atoms with van der Waals surface area (Å²) < 4.78 is 15.4. The van der Waals surface area contributed by atoms with Crippen molar-refractivity contribution in [3.63, 3.8) is 0 Å². The maximum absolute atomic E-state index is 13.5. The lowest BCUT2D eigenvalue weighted by molar-refractivity contribution is 0.628. The minimum Gasteiger partial charge on any atom is -0.237 e. The van der Waals surface area contributed by atoms with Crippen molar-refractivity contribution in [2.45, 2.75) is 27.2 Å². The standard InChI is InChI=1S/C19H19FN2/c1-4-15-8-10-18(11-9-15)22-14(3)19(13(2)21-22)16-6-5-7-17(20)12-16/h5-12H,4H2,1-3H3. The molecule has 0 spiro atoms. The Morgan fingerprint density at radius 2 is 1.77 bits per heavy atom. The summed E-state index contributed by atoms with van der Waals surface area (Å²) in [5, 5.41) is 4.64. The van der Waals surface area contributed by atoms with E-state index in [0.717, 1.165) is 34.6 Å². The molecule has 0 aliphatic rings. The molecule has 3 heteroatoms. The second kappa shape index (κ2) is 5.76. The van der Waals surface area contributed by atoms with Crippen LogP contribution in [0.1, 0.15) is 23.9 Å². The average Bonchev–Trinajstić information content (AvgIpc) is 2.82. The summed E-state index contributed by atoms with van der Waals surface area (Å²) in [5.74, 6) is -0.226. The van der Waals surface area contributed by atoms with E-state index in [9.17, 15) is 4.39 Å². The Morgan fingerprint density at radius 1 is 1.05 bits per heavy atom. The molecule has 0 saturated carbocycles. The third-order valence-corrected chi connectivity index (χ3v) is 3.99. The molecule has 1 aromatic heterocycles. The monoisotopic (exact) mass is 294 g/mol. The molecule has 0 saturated heterocycles. The second-order valence-electron chi connectivity index (χ2n) is 5.49. The zero-order valence-corrected chi connectivity index (χ0v) is 13.1. The van der Waals surface area contributed by atoms with Gasteiger partial charge in [-0.1, -0.05) is 31.2 Å². The van der Waals surface area contributed by atoms with Crippen molar-refractivity contribution < 1.29 is 4.39 Å². The molecule has 0 bridgehead atoms. The molecule has 0 fully saturated rings. The predicted molar refractivity (Wildman–Crippen MR) is 87.8 cm³/mol. The van der Waals surface area contributed by atoms with Gasteiger partial charge in [0.1, 0.15) is 5.82 Å². The molecule has 112 valence electrons. The fraction of sp³-hybridized carbons (Fsp3) is 0.211. The van der Waals surface area contributed by atoms with E-state index in [4.69, 9.17) is 0 Å². The van der Waals surface area contributed by atoms with Crippen molar-refractivity contribution in [2.75, 3.05) is 0 Å². The quantitative estimate of drug-likeness (QED) is 0.674. The van der Waals surface area contributed by atoms with Crippen molar-refractivity contribution in [3.8, 4) is 16.8 Å². The molecule has 0 amide bonds. The summed E-state index contributed by atoms with van der Waals surface area (Å²) in [7, 11) is 0. The van der Waals surface area contributed by atoms with Crippen molar-refractivity contribution in [2.24, 2.45) is 0 Å². The molecule has 3 rings (SSSR count). The molecule has 3 aromatic rings. The maximum Gasteiger partial charge on any atom is 0.123 e. The third kappa shape index (κ3) is 2.54. The number of nitrogens with zero attached hydrogens (tertiary/aromatic N) is 2. The van der Waals surface area contributed by atoms with Crippen LogP contribution in [0.2, 0.25) is 0 Å². The van der Waals surface area contributed by atoms with Gasteiger partial charge >= 0.3 is 0 Å². The van der Waals surface area contributed by atoms with Crippen molar-refractivity contribution in [3.05, 3.63) is 71.3 Å². The summed E-state index contributed by atoms with van der Waals surface area (Å²) in [5.41, 5.74) is 6.12. The number of benzene rings is 2. The van der Waals surface area contributed by atoms with Crippen LogP contribution >= 0.6 is 0 Å². The highest BCUT2D eigenvalue weighted by molar-refractivity contribution is 5.69. The van der Waals surface area contributed by atoms with Crippen molar-refractivity contribution in [1.29, 1.82) is 0 Å². The molecule has 0 radical (unpaired) electrons. The van der Waals surface area contributed by atoms with Crippen LogP contribution in [-0.2, 0) is 6.42 Å². The predicted octanol–water partition coefficient (Wildman–Crippen LogP) is 4.86. The lowest BCUT2D eigenvalue weighted by Crippen LogP contribution is -1.99. The van der Waals surface area contributed by atoms with Gasteiger partial charge in [0.25, 0.3) is 0 Å². The Bertz CT molecular complexity index is 801. The van der Waals surface area contributed by atoms with E-state index < -0.39 is 0 Å². The molecule has 0 unspecified atom stereocenters. The van der Waals surface area contributed by atoms with E-state index in [1.807, 2.05) is 24.6 Å². The zero-order chi connectivity index (χ0) is 15.7. The van der Waals surface area contributed by atoms with Crippen LogP contribution in [0.4, 0.5) is 4.39 Å². The number of halogens is 1. The minimum absolute atomic E-state index is 0.226. The molecule has 1 heterocycles. The molecule has 2 aromatic carbocycles. The second-order valence-corrected chi connectivity index (χ2v) is 5.49. The SMILES string of the molecule is CCc1ccc(-n2nc(C)c(-c3cccc(F)c3)c2C)cc1. The summed E-state index contributed by atoms with van der Waals surface area (Å²) in [6.07, 6.45) is 1.02. The first-order valence-corrected chi connectivity index (χ1v) is 7.51. The Hall–Kier alpha value is -2.42. The highest BCUT2D eigenvalue weighted by Crippen LogP contribution is 2.29. The first-order valence-electron chi connectivity index (χ1n) is 7.51. The Morgan fingerprint density at radius 3 is 2.41 bits per heavy atom. The summed E-state index contributed by atoms with van der Waals surface area (Å²) in [6, 6.07) is 15.1. The van der Waals surface area contributed by atoms with Crippen LogP contribution in [0.15, 0.2) is 48.5 Å². The number of aryl methyl sites for hydroxylation is 2. The van der Waals surface area contributed by atoms with Gasteiger partial charge in [-0.25, -0.2) is 9.07 Å².